The number of aliphatic hydroxyl groups excluding tert-OH is 1. The van der Waals surface area contributed by atoms with E-state index in [0.717, 1.165) is 23.0 Å². The van der Waals surface area contributed by atoms with Crippen LogP contribution >= 0.6 is 11.6 Å². The van der Waals surface area contributed by atoms with Gasteiger partial charge in [0.25, 0.3) is 0 Å². The summed E-state index contributed by atoms with van der Waals surface area (Å²) in [6.45, 7) is 11.2. The highest BCUT2D eigenvalue weighted by molar-refractivity contribution is 6.32. The number of nitrogens with zero attached hydrogens (tertiary/aromatic N) is 1. The van der Waals surface area contributed by atoms with Crippen molar-refractivity contribution in [3.63, 3.8) is 0 Å². The average molecular weight is 280 g/mol. The first-order chi connectivity index (χ1) is 8.82. The highest BCUT2D eigenvalue weighted by Gasteiger charge is 2.21. The predicted molar refractivity (Wildman–Crippen MR) is 81.9 cm³/mol. The molecule has 1 aromatic heterocycles. The van der Waals surface area contributed by atoms with E-state index >= 15 is 0 Å². The summed E-state index contributed by atoms with van der Waals surface area (Å²) < 4.78 is 2.13. The fourth-order valence-corrected chi connectivity index (χ4v) is 3.20. The topological polar surface area (TPSA) is 25.2 Å². The van der Waals surface area contributed by atoms with E-state index in [1.54, 1.807) is 6.92 Å². The molecule has 2 rings (SSSR count). The number of rotatable bonds is 3. The summed E-state index contributed by atoms with van der Waals surface area (Å²) >= 11 is 6.52. The molecule has 19 heavy (non-hydrogen) atoms. The van der Waals surface area contributed by atoms with Crippen molar-refractivity contribution in [2.45, 2.75) is 47.3 Å². The van der Waals surface area contributed by atoms with E-state index in [2.05, 4.69) is 44.4 Å². The van der Waals surface area contributed by atoms with Crippen molar-refractivity contribution in [2.75, 3.05) is 0 Å². The van der Waals surface area contributed by atoms with Crippen molar-refractivity contribution in [3.8, 4) is 0 Å². The first-order valence-electron chi connectivity index (χ1n) is 6.79. The third-order valence-electron chi connectivity index (χ3n) is 3.44. The predicted octanol–water partition coefficient (Wildman–Crippen LogP) is 4.62. The Labute approximate surface area is 120 Å². The Morgan fingerprint density at radius 3 is 2.37 bits per heavy atom. The lowest BCUT2D eigenvalue weighted by Gasteiger charge is -2.11. The number of halogens is 1. The maximum Gasteiger partial charge on any atom is 0.115 e. The van der Waals surface area contributed by atoms with Gasteiger partial charge in [0.1, 0.15) is 5.15 Å². The third kappa shape index (κ3) is 2.52. The largest absolute Gasteiger partial charge is 0.389 e. The Morgan fingerprint density at radius 1 is 1.21 bits per heavy atom. The number of benzene rings is 1. The normalized spacial score (nSPS) is 13.5. The molecule has 0 fully saturated rings. The maximum atomic E-state index is 10.0. The van der Waals surface area contributed by atoms with Crippen molar-refractivity contribution >= 4 is 22.5 Å². The molecule has 1 atom stereocenters. The second kappa shape index (κ2) is 5.18. The fourth-order valence-electron chi connectivity index (χ4n) is 2.79. The van der Waals surface area contributed by atoms with Crippen molar-refractivity contribution in [1.29, 1.82) is 0 Å². The molecule has 0 radical (unpaired) electrons. The number of hydrogen-bond acceptors (Lipinski definition) is 1. The van der Waals surface area contributed by atoms with Crippen LogP contribution in [0, 0.1) is 19.8 Å². The van der Waals surface area contributed by atoms with Gasteiger partial charge in [-0.2, -0.15) is 0 Å². The van der Waals surface area contributed by atoms with Gasteiger partial charge in [-0.25, -0.2) is 0 Å². The summed E-state index contributed by atoms with van der Waals surface area (Å²) in [4.78, 5) is 0. The Kier molecular flexibility index (Phi) is 3.93. The molecule has 2 aromatic rings. The molecule has 1 heterocycles. The van der Waals surface area contributed by atoms with Gasteiger partial charge in [0, 0.05) is 17.5 Å². The molecule has 3 heteroatoms. The van der Waals surface area contributed by atoms with Gasteiger partial charge in [0.2, 0.25) is 0 Å². The van der Waals surface area contributed by atoms with E-state index in [1.165, 1.54) is 11.1 Å². The number of hydrogen-bond donors (Lipinski definition) is 1. The quantitative estimate of drug-likeness (QED) is 0.871. The fraction of sp³-hybridized carbons (Fsp3) is 0.500. The van der Waals surface area contributed by atoms with Gasteiger partial charge < -0.3 is 9.67 Å². The van der Waals surface area contributed by atoms with Crippen molar-refractivity contribution in [2.24, 2.45) is 5.92 Å². The Bertz CT molecular complexity index is 611. The SMILES string of the molecule is Cc1cc(C)c2c(C(C)O)c(Cl)n(CC(C)C)c2c1. The van der Waals surface area contributed by atoms with Crippen LogP contribution in [0.1, 0.15) is 43.6 Å². The maximum absolute atomic E-state index is 10.0. The summed E-state index contributed by atoms with van der Waals surface area (Å²) in [6, 6.07) is 4.30. The van der Waals surface area contributed by atoms with Crippen molar-refractivity contribution in [1.82, 2.24) is 4.57 Å². The van der Waals surface area contributed by atoms with Crippen LogP contribution in [0.3, 0.4) is 0 Å². The lowest BCUT2D eigenvalue weighted by molar-refractivity contribution is 0.200. The number of aryl methyl sites for hydroxylation is 2. The molecule has 0 spiro atoms. The average Bonchev–Trinajstić information content (AvgIpc) is 2.53. The number of fused-ring (bicyclic) bond motifs is 1. The lowest BCUT2D eigenvalue weighted by Crippen LogP contribution is -2.04. The zero-order valence-corrected chi connectivity index (χ0v) is 13.0. The monoisotopic (exact) mass is 279 g/mol. The molecule has 0 saturated carbocycles. The number of aromatic nitrogens is 1. The highest BCUT2D eigenvalue weighted by atomic mass is 35.5. The van der Waals surface area contributed by atoms with Crippen molar-refractivity contribution in [3.05, 3.63) is 34.0 Å². The van der Waals surface area contributed by atoms with Gasteiger partial charge in [0.15, 0.2) is 0 Å². The van der Waals surface area contributed by atoms with E-state index in [1.807, 2.05) is 0 Å². The Morgan fingerprint density at radius 2 is 1.84 bits per heavy atom. The smallest absolute Gasteiger partial charge is 0.115 e. The van der Waals surface area contributed by atoms with E-state index in [9.17, 15) is 5.11 Å². The van der Waals surface area contributed by atoms with Gasteiger partial charge >= 0.3 is 0 Å². The molecule has 0 saturated heterocycles. The van der Waals surface area contributed by atoms with E-state index in [0.29, 0.717) is 11.1 Å². The van der Waals surface area contributed by atoms with Crippen molar-refractivity contribution < 1.29 is 5.11 Å². The van der Waals surface area contributed by atoms with Gasteiger partial charge in [-0.3, -0.25) is 0 Å². The molecule has 0 amide bonds. The zero-order chi connectivity index (χ0) is 14.3. The molecular formula is C16H22ClNO. The summed E-state index contributed by atoms with van der Waals surface area (Å²) in [6.07, 6.45) is -0.551. The first-order valence-corrected chi connectivity index (χ1v) is 7.17. The summed E-state index contributed by atoms with van der Waals surface area (Å²) in [5.41, 5.74) is 4.39. The van der Waals surface area contributed by atoms with Crippen LogP contribution in [0.5, 0.6) is 0 Å². The Balaban J connectivity index is 2.84. The second-order valence-corrected chi connectivity index (χ2v) is 6.22. The summed E-state index contributed by atoms with van der Waals surface area (Å²) in [5, 5.41) is 11.8. The first kappa shape index (κ1) is 14.4. The van der Waals surface area contributed by atoms with Crippen LogP contribution in [0.2, 0.25) is 5.15 Å². The van der Waals surface area contributed by atoms with Crippen LogP contribution in [-0.2, 0) is 6.54 Å². The van der Waals surface area contributed by atoms with Gasteiger partial charge in [0.05, 0.1) is 11.6 Å². The van der Waals surface area contributed by atoms with E-state index < -0.39 is 6.10 Å². The summed E-state index contributed by atoms with van der Waals surface area (Å²) in [5.74, 6) is 0.510. The molecular weight excluding hydrogens is 258 g/mol. The summed E-state index contributed by atoms with van der Waals surface area (Å²) in [7, 11) is 0. The lowest BCUT2D eigenvalue weighted by atomic mass is 10.0. The minimum Gasteiger partial charge on any atom is -0.389 e. The third-order valence-corrected chi connectivity index (χ3v) is 3.85. The van der Waals surface area contributed by atoms with Crippen LogP contribution in [0.4, 0.5) is 0 Å². The molecule has 0 aliphatic rings. The Hall–Kier alpha value is -0.990. The van der Waals surface area contributed by atoms with Gasteiger partial charge in [-0.1, -0.05) is 31.5 Å². The molecule has 0 aliphatic heterocycles. The van der Waals surface area contributed by atoms with Crippen LogP contribution in [-0.4, -0.2) is 9.67 Å². The zero-order valence-electron chi connectivity index (χ0n) is 12.3. The molecule has 1 N–H and O–H groups in total. The van der Waals surface area contributed by atoms with Crippen LogP contribution in [0.15, 0.2) is 12.1 Å². The standard InChI is InChI=1S/C16H22ClNO/c1-9(2)8-18-13-7-10(3)6-11(4)14(13)15(12(5)19)16(18)17/h6-7,9,12,19H,8H2,1-5H3. The number of aliphatic hydroxyl groups is 1. The molecule has 2 nitrogen and oxygen atoms in total. The van der Waals surface area contributed by atoms with E-state index in [4.69, 9.17) is 11.6 Å². The molecule has 1 aromatic carbocycles. The highest BCUT2D eigenvalue weighted by Crippen LogP contribution is 2.37. The molecule has 0 aliphatic carbocycles. The van der Waals surface area contributed by atoms with Gasteiger partial charge in [-0.15, -0.1) is 0 Å². The van der Waals surface area contributed by atoms with Crippen LogP contribution in [0.25, 0.3) is 10.9 Å². The van der Waals surface area contributed by atoms with Crippen LogP contribution < -0.4 is 0 Å². The van der Waals surface area contributed by atoms with E-state index in [-0.39, 0.29) is 0 Å². The second-order valence-electron chi connectivity index (χ2n) is 5.86. The molecule has 104 valence electrons. The van der Waals surface area contributed by atoms with Gasteiger partial charge in [-0.05, 0) is 43.9 Å². The molecule has 1 unspecified atom stereocenters. The minimum absolute atomic E-state index is 0.510. The minimum atomic E-state index is -0.551. The molecule has 0 bridgehead atoms.